The quantitative estimate of drug-likeness (QED) is 0.629. The number of aromatic nitrogens is 4. The minimum absolute atomic E-state index is 0.0318. The zero-order valence-corrected chi connectivity index (χ0v) is 16.0. The molecule has 0 spiro atoms. The fourth-order valence-electron chi connectivity index (χ4n) is 2.52. The molecule has 25 heavy (non-hydrogen) atoms. The molecule has 9 heteroatoms. The zero-order chi connectivity index (χ0) is 18.0. The summed E-state index contributed by atoms with van der Waals surface area (Å²) in [6.45, 7) is 3.88. The number of hydrogen-bond acceptors (Lipinski definition) is 7. The molecule has 0 atom stereocenters. The van der Waals surface area contributed by atoms with Gasteiger partial charge >= 0.3 is 0 Å². The highest BCUT2D eigenvalue weighted by atomic mass is 79.9. The minimum Gasteiger partial charge on any atom is -0.337 e. The van der Waals surface area contributed by atoms with Crippen molar-refractivity contribution < 1.29 is 4.52 Å². The van der Waals surface area contributed by atoms with E-state index in [0.717, 1.165) is 15.0 Å². The molecule has 0 fully saturated rings. The molecule has 0 saturated carbocycles. The Morgan fingerprint density at radius 3 is 2.80 bits per heavy atom. The lowest BCUT2D eigenvalue weighted by Gasteiger charge is -2.10. The molecule has 0 unspecified atom stereocenters. The third kappa shape index (κ3) is 3.41. The van der Waals surface area contributed by atoms with Crippen molar-refractivity contribution in [1.29, 1.82) is 5.26 Å². The fraction of sp³-hybridized carbons (Fsp3) is 0.312. The highest BCUT2D eigenvalue weighted by molar-refractivity contribution is 9.10. The Morgan fingerprint density at radius 2 is 2.20 bits per heavy atom. The first kappa shape index (κ1) is 17.5. The van der Waals surface area contributed by atoms with Gasteiger partial charge in [0.05, 0.1) is 10.6 Å². The molecule has 0 radical (unpaired) electrons. The summed E-state index contributed by atoms with van der Waals surface area (Å²) in [5.74, 6) is 0.726. The Kier molecular flexibility index (Phi) is 5.11. The van der Waals surface area contributed by atoms with Gasteiger partial charge in [-0.1, -0.05) is 19.0 Å². The van der Waals surface area contributed by atoms with Gasteiger partial charge in [-0.15, -0.1) is 11.3 Å². The number of rotatable bonds is 5. The third-order valence-corrected chi connectivity index (χ3v) is 5.37. The summed E-state index contributed by atoms with van der Waals surface area (Å²) in [4.78, 5) is 17.7. The molecule has 0 aromatic carbocycles. The Bertz CT molecular complexity index is 1010. The second-order valence-corrected chi connectivity index (χ2v) is 7.05. The Labute approximate surface area is 156 Å². The van der Waals surface area contributed by atoms with Crippen LogP contribution < -0.4 is 5.56 Å². The minimum atomic E-state index is -0.435. The van der Waals surface area contributed by atoms with Gasteiger partial charge in [0.15, 0.2) is 0 Å². The lowest BCUT2D eigenvalue weighted by Crippen LogP contribution is -2.29. The van der Waals surface area contributed by atoms with Crippen molar-refractivity contribution in [3.63, 3.8) is 0 Å². The van der Waals surface area contributed by atoms with Crippen molar-refractivity contribution in [1.82, 2.24) is 19.9 Å². The average Bonchev–Trinajstić information content (AvgIpc) is 3.24. The van der Waals surface area contributed by atoms with E-state index >= 15 is 0 Å². The van der Waals surface area contributed by atoms with Crippen LogP contribution in [-0.2, 0) is 19.4 Å². The van der Waals surface area contributed by atoms with Crippen molar-refractivity contribution in [2.45, 2.75) is 33.2 Å². The third-order valence-electron chi connectivity index (χ3n) is 3.68. The smallest absolute Gasteiger partial charge is 0.285 e. The first-order valence-electron chi connectivity index (χ1n) is 7.67. The van der Waals surface area contributed by atoms with Crippen molar-refractivity contribution in [2.75, 3.05) is 0 Å². The zero-order valence-electron chi connectivity index (χ0n) is 13.6. The van der Waals surface area contributed by atoms with Gasteiger partial charge in [0, 0.05) is 9.85 Å². The monoisotopic (exact) mass is 419 g/mol. The summed E-state index contributed by atoms with van der Waals surface area (Å²) in [5.41, 5.74) is 1.15. The largest absolute Gasteiger partial charge is 0.337 e. The van der Waals surface area contributed by atoms with Crippen LogP contribution >= 0.6 is 27.3 Å². The number of nitriles is 1. The van der Waals surface area contributed by atoms with Gasteiger partial charge in [-0.3, -0.25) is 4.79 Å². The van der Waals surface area contributed by atoms with Crippen molar-refractivity contribution >= 4 is 27.3 Å². The summed E-state index contributed by atoms with van der Waals surface area (Å²) in [5, 5.41) is 19.6. The number of thiophene rings is 1. The van der Waals surface area contributed by atoms with Gasteiger partial charge in [-0.2, -0.15) is 15.3 Å². The number of nitrogens with zero attached hydrogens (tertiary/aromatic N) is 5. The lowest BCUT2D eigenvalue weighted by atomic mass is 10.0. The summed E-state index contributed by atoms with van der Waals surface area (Å²) in [6, 6.07) is 3.90. The van der Waals surface area contributed by atoms with Crippen LogP contribution in [0, 0.1) is 11.3 Å². The Morgan fingerprint density at radius 1 is 1.40 bits per heavy atom. The molecule has 3 aromatic heterocycles. The van der Waals surface area contributed by atoms with E-state index in [1.807, 2.05) is 31.4 Å². The van der Waals surface area contributed by atoms with Gasteiger partial charge in [-0.05, 0) is 40.4 Å². The van der Waals surface area contributed by atoms with E-state index in [1.54, 1.807) is 0 Å². The van der Waals surface area contributed by atoms with Crippen LogP contribution in [-0.4, -0.2) is 19.9 Å². The van der Waals surface area contributed by atoms with Gasteiger partial charge in [0.2, 0.25) is 11.7 Å². The summed E-state index contributed by atoms with van der Waals surface area (Å²) >= 11 is 4.87. The Hall–Kier alpha value is -2.31. The molecule has 3 heterocycles. The highest BCUT2D eigenvalue weighted by Gasteiger charge is 2.17. The number of hydrogen-bond donors (Lipinski definition) is 0. The fourth-order valence-corrected chi connectivity index (χ4v) is 3.87. The Balaban J connectivity index is 1.97. The van der Waals surface area contributed by atoms with E-state index in [9.17, 15) is 10.1 Å². The standard InChI is InChI=1S/C16H14BrN5O2S/c1-3-10-11(6-18)16(23)22(20-12(10)4-2)7-14-19-15(21-24-14)13-5-9(17)8-25-13/h5,8H,3-4,7H2,1-2H3. The topological polar surface area (TPSA) is 97.6 Å². The van der Waals surface area contributed by atoms with Crippen LogP contribution in [0.1, 0.15) is 36.6 Å². The number of aryl methyl sites for hydroxylation is 1. The maximum atomic E-state index is 12.5. The van der Waals surface area contributed by atoms with E-state index in [-0.39, 0.29) is 18.0 Å². The molecule has 0 N–H and O–H groups in total. The lowest BCUT2D eigenvalue weighted by molar-refractivity contribution is 0.362. The molecular formula is C16H14BrN5O2S. The second kappa shape index (κ2) is 7.29. The molecule has 128 valence electrons. The summed E-state index contributed by atoms with van der Waals surface area (Å²) in [7, 11) is 0. The van der Waals surface area contributed by atoms with Crippen LogP contribution in [0.15, 0.2) is 25.2 Å². The first-order valence-corrected chi connectivity index (χ1v) is 9.34. The molecule has 0 saturated heterocycles. The molecule has 0 bridgehead atoms. The van der Waals surface area contributed by atoms with Crippen LogP contribution in [0.2, 0.25) is 0 Å². The van der Waals surface area contributed by atoms with Crippen molar-refractivity contribution in [2.24, 2.45) is 0 Å². The van der Waals surface area contributed by atoms with Crippen LogP contribution in [0.4, 0.5) is 0 Å². The van der Waals surface area contributed by atoms with Crippen LogP contribution in [0.5, 0.6) is 0 Å². The molecule has 7 nitrogen and oxygen atoms in total. The second-order valence-electron chi connectivity index (χ2n) is 5.22. The van der Waals surface area contributed by atoms with Crippen LogP contribution in [0.3, 0.4) is 0 Å². The SMILES string of the molecule is CCc1nn(Cc2nc(-c3cc(Br)cs3)no2)c(=O)c(C#N)c1CC. The number of halogens is 1. The van der Waals surface area contributed by atoms with Gasteiger partial charge in [-0.25, -0.2) is 4.68 Å². The molecule has 0 amide bonds. The van der Waals surface area contributed by atoms with Crippen LogP contribution in [0.25, 0.3) is 10.7 Å². The van der Waals surface area contributed by atoms with E-state index < -0.39 is 5.56 Å². The van der Waals surface area contributed by atoms with Gasteiger partial charge < -0.3 is 4.52 Å². The van der Waals surface area contributed by atoms with E-state index in [2.05, 4.69) is 31.2 Å². The molecule has 3 aromatic rings. The molecule has 3 rings (SSSR count). The summed E-state index contributed by atoms with van der Waals surface area (Å²) < 4.78 is 7.40. The highest BCUT2D eigenvalue weighted by Crippen LogP contribution is 2.27. The maximum Gasteiger partial charge on any atom is 0.285 e. The first-order chi connectivity index (χ1) is 12.1. The molecule has 0 aliphatic carbocycles. The van der Waals surface area contributed by atoms with E-state index in [0.29, 0.717) is 24.2 Å². The molecular weight excluding hydrogens is 406 g/mol. The normalized spacial score (nSPS) is 10.8. The van der Waals surface area contributed by atoms with E-state index in [4.69, 9.17) is 4.52 Å². The summed E-state index contributed by atoms with van der Waals surface area (Å²) in [6.07, 6.45) is 1.23. The van der Waals surface area contributed by atoms with Gasteiger partial charge in [0.25, 0.3) is 5.56 Å². The maximum absolute atomic E-state index is 12.5. The van der Waals surface area contributed by atoms with E-state index in [1.165, 1.54) is 16.0 Å². The van der Waals surface area contributed by atoms with Crippen molar-refractivity contribution in [3.8, 4) is 16.8 Å². The predicted octanol–water partition coefficient (Wildman–Crippen LogP) is 3.16. The van der Waals surface area contributed by atoms with Crippen molar-refractivity contribution in [3.05, 3.63) is 49.0 Å². The predicted molar refractivity (Wildman–Crippen MR) is 96.4 cm³/mol. The molecule has 0 aliphatic heterocycles. The van der Waals surface area contributed by atoms with Gasteiger partial charge in [0.1, 0.15) is 18.2 Å². The average molecular weight is 420 g/mol. The molecule has 0 aliphatic rings.